The minimum Gasteiger partial charge on any atom is -0.478 e. The molecular formula is C15H22F2N2O2. The molecule has 0 radical (unpaired) electrons. The van der Waals surface area contributed by atoms with E-state index < -0.39 is 23.2 Å². The molecule has 1 atom stereocenters. The van der Waals surface area contributed by atoms with Gasteiger partial charge in [-0.15, -0.1) is 0 Å². The van der Waals surface area contributed by atoms with Gasteiger partial charge in [0.05, 0.1) is 5.56 Å². The Morgan fingerprint density at radius 1 is 1.29 bits per heavy atom. The van der Waals surface area contributed by atoms with Gasteiger partial charge < -0.3 is 15.3 Å². The van der Waals surface area contributed by atoms with Gasteiger partial charge in [0.2, 0.25) is 0 Å². The molecule has 0 heterocycles. The molecule has 0 aliphatic heterocycles. The van der Waals surface area contributed by atoms with Gasteiger partial charge in [0, 0.05) is 12.6 Å². The Morgan fingerprint density at radius 3 is 2.19 bits per heavy atom. The summed E-state index contributed by atoms with van der Waals surface area (Å²) in [6, 6.07) is 1.53. The molecule has 0 saturated heterocycles. The molecule has 118 valence electrons. The van der Waals surface area contributed by atoms with Gasteiger partial charge in [0.25, 0.3) is 0 Å². The number of rotatable bonds is 7. The number of hydrogen-bond acceptors (Lipinski definition) is 3. The van der Waals surface area contributed by atoms with Gasteiger partial charge in [-0.05, 0) is 38.6 Å². The second-order valence-corrected chi connectivity index (χ2v) is 5.85. The van der Waals surface area contributed by atoms with E-state index in [1.165, 1.54) is 0 Å². The SMILES string of the molecule is CC(C)CC(CN(C)C)Nc1c(F)cc(C(=O)O)cc1F. The molecule has 21 heavy (non-hydrogen) atoms. The predicted molar refractivity (Wildman–Crippen MR) is 78.7 cm³/mol. The summed E-state index contributed by atoms with van der Waals surface area (Å²) in [6.07, 6.45) is 0.748. The molecule has 2 N–H and O–H groups in total. The van der Waals surface area contributed by atoms with Gasteiger partial charge >= 0.3 is 5.97 Å². The number of nitrogens with zero attached hydrogens (tertiary/aromatic N) is 1. The molecule has 0 amide bonds. The summed E-state index contributed by atoms with van der Waals surface area (Å²) >= 11 is 0. The highest BCUT2D eigenvalue weighted by Crippen LogP contribution is 2.23. The quantitative estimate of drug-likeness (QED) is 0.812. The monoisotopic (exact) mass is 300 g/mol. The highest BCUT2D eigenvalue weighted by atomic mass is 19.1. The molecule has 0 aromatic heterocycles. The van der Waals surface area contributed by atoms with Crippen molar-refractivity contribution in [2.24, 2.45) is 5.92 Å². The van der Waals surface area contributed by atoms with Crippen LogP contribution in [0.4, 0.5) is 14.5 Å². The number of aromatic carboxylic acids is 1. The largest absolute Gasteiger partial charge is 0.478 e. The average molecular weight is 300 g/mol. The minimum absolute atomic E-state index is 0.125. The Hall–Kier alpha value is -1.69. The highest BCUT2D eigenvalue weighted by Gasteiger charge is 2.19. The van der Waals surface area contributed by atoms with E-state index in [-0.39, 0.29) is 11.7 Å². The molecule has 0 fully saturated rings. The van der Waals surface area contributed by atoms with Crippen molar-refractivity contribution < 1.29 is 18.7 Å². The van der Waals surface area contributed by atoms with Gasteiger partial charge in [-0.2, -0.15) is 0 Å². The van der Waals surface area contributed by atoms with Crippen LogP contribution < -0.4 is 5.32 Å². The van der Waals surface area contributed by atoms with Gasteiger partial charge in [0.1, 0.15) is 17.3 Å². The van der Waals surface area contributed by atoms with Crippen molar-refractivity contribution in [2.45, 2.75) is 26.3 Å². The fourth-order valence-electron chi connectivity index (χ4n) is 2.23. The maximum Gasteiger partial charge on any atom is 0.335 e. The molecular weight excluding hydrogens is 278 g/mol. The zero-order valence-corrected chi connectivity index (χ0v) is 12.8. The highest BCUT2D eigenvalue weighted by molar-refractivity contribution is 5.88. The van der Waals surface area contributed by atoms with E-state index in [4.69, 9.17) is 5.11 Å². The Morgan fingerprint density at radius 2 is 1.81 bits per heavy atom. The summed E-state index contributed by atoms with van der Waals surface area (Å²) < 4.78 is 27.9. The van der Waals surface area contributed by atoms with Crippen LogP contribution in [0.3, 0.4) is 0 Å². The third-order valence-electron chi connectivity index (χ3n) is 2.98. The number of benzene rings is 1. The van der Waals surface area contributed by atoms with Crippen molar-refractivity contribution in [3.8, 4) is 0 Å². The molecule has 0 aliphatic carbocycles. The number of anilines is 1. The zero-order chi connectivity index (χ0) is 16.2. The lowest BCUT2D eigenvalue weighted by Crippen LogP contribution is -2.34. The van der Waals surface area contributed by atoms with E-state index >= 15 is 0 Å². The van der Waals surface area contributed by atoms with Crippen LogP contribution in [0.25, 0.3) is 0 Å². The number of nitrogens with one attached hydrogen (secondary N) is 1. The second-order valence-electron chi connectivity index (χ2n) is 5.85. The Labute approximate surface area is 123 Å². The maximum absolute atomic E-state index is 13.9. The summed E-state index contributed by atoms with van der Waals surface area (Å²) in [7, 11) is 3.77. The number of carboxylic acids is 1. The van der Waals surface area contributed by atoms with Crippen LogP contribution in [-0.2, 0) is 0 Å². The van der Waals surface area contributed by atoms with Crippen molar-refractivity contribution >= 4 is 11.7 Å². The van der Waals surface area contributed by atoms with E-state index in [9.17, 15) is 13.6 Å². The predicted octanol–water partition coefficient (Wildman–Crippen LogP) is 3.05. The van der Waals surface area contributed by atoms with E-state index in [0.717, 1.165) is 18.6 Å². The fraction of sp³-hybridized carbons (Fsp3) is 0.533. The number of carboxylic acid groups (broad SMARTS) is 1. The summed E-state index contributed by atoms with van der Waals surface area (Å²) in [5, 5.41) is 11.6. The third-order valence-corrected chi connectivity index (χ3v) is 2.98. The Bertz CT molecular complexity index is 471. The van der Waals surface area contributed by atoms with Gasteiger partial charge in [0.15, 0.2) is 0 Å². The van der Waals surface area contributed by atoms with Crippen LogP contribution in [0.2, 0.25) is 0 Å². The van der Waals surface area contributed by atoms with Crippen molar-refractivity contribution in [1.82, 2.24) is 4.90 Å². The van der Waals surface area contributed by atoms with Crippen LogP contribution in [0.1, 0.15) is 30.6 Å². The number of hydrogen-bond donors (Lipinski definition) is 2. The van der Waals surface area contributed by atoms with Gasteiger partial charge in [-0.25, -0.2) is 13.6 Å². The molecule has 0 spiro atoms. The molecule has 1 aromatic rings. The fourth-order valence-corrected chi connectivity index (χ4v) is 2.23. The van der Waals surface area contributed by atoms with Gasteiger partial charge in [-0.1, -0.05) is 13.8 Å². The van der Waals surface area contributed by atoms with Crippen molar-refractivity contribution in [3.05, 3.63) is 29.3 Å². The second kappa shape index (κ2) is 7.36. The number of halogens is 2. The van der Waals surface area contributed by atoms with Crippen molar-refractivity contribution in [2.75, 3.05) is 26.0 Å². The summed E-state index contributed by atoms with van der Waals surface area (Å²) in [4.78, 5) is 12.7. The Kier molecular flexibility index (Phi) is 6.08. The molecule has 1 unspecified atom stereocenters. The minimum atomic E-state index is -1.36. The first-order valence-electron chi connectivity index (χ1n) is 6.84. The van der Waals surface area contributed by atoms with E-state index in [1.807, 2.05) is 32.8 Å². The van der Waals surface area contributed by atoms with Crippen LogP contribution >= 0.6 is 0 Å². The molecule has 1 rings (SSSR count). The normalized spacial score (nSPS) is 12.8. The standard InChI is InChI=1S/C15H22F2N2O2/c1-9(2)5-11(8-19(3)4)18-14-12(16)6-10(15(20)21)7-13(14)17/h6-7,9,11,18H,5,8H2,1-4H3,(H,20,21). The lowest BCUT2D eigenvalue weighted by atomic mass is 10.0. The van der Waals surface area contributed by atoms with E-state index in [1.54, 1.807) is 0 Å². The van der Waals surface area contributed by atoms with E-state index in [2.05, 4.69) is 5.32 Å². The third kappa shape index (κ3) is 5.30. The molecule has 0 bridgehead atoms. The first kappa shape index (κ1) is 17.4. The smallest absolute Gasteiger partial charge is 0.335 e. The van der Waals surface area contributed by atoms with Crippen LogP contribution in [0.15, 0.2) is 12.1 Å². The lowest BCUT2D eigenvalue weighted by molar-refractivity contribution is 0.0696. The first-order chi connectivity index (χ1) is 9.70. The zero-order valence-electron chi connectivity index (χ0n) is 12.8. The summed E-state index contributed by atoms with van der Waals surface area (Å²) in [6.45, 7) is 4.69. The summed E-state index contributed by atoms with van der Waals surface area (Å²) in [5.74, 6) is -2.77. The number of likely N-dealkylation sites (N-methyl/N-ethyl adjacent to an activating group) is 1. The first-order valence-corrected chi connectivity index (χ1v) is 6.84. The molecule has 4 nitrogen and oxygen atoms in total. The lowest BCUT2D eigenvalue weighted by Gasteiger charge is -2.25. The molecule has 0 saturated carbocycles. The van der Waals surface area contributed by atoms with Crippen LogP contribution in [-0.4, -0.2) is 42.7 Å². The van der Waals surface area contributed by atoms with Gasteiger partial charge in [-0.3, -0.25) is 0 Å². The average Bonchev–Trinajstić information content (AvgIpc) is 2.31. The topological polar surface area (TPSA) is 52.6 Å². The molecule has 0 aliphatic rings. The van der Waals surface area contributed by atoms with Crippen molar-refractivity contribution in [1.29, 1.82) is 0 Å². The maximum atomic E-state index is 13.9. The van der Waals surface area contributed by atoms with Crippen LogP contribution in [0, 0.1) is 17.6 Å². The summed E-state index contributed by atoms with van der Waals surface area (Å²) in [5.41, 5.74) is -0.670. The Balaban J connectivity index is 3.00. The molecule has 1 aromatic carbocycles. The molecule has 6 heteroatoms. The van der Waals surface area contributed by atoms with Crippen LogP contribution in [0.5, 0.6) is 0 Å². The number of carbonyl (C=O) groups is 1. The van der Waals surface area contributed by atoms with Crippen molar-refractivity contribution in [3.63, 3.8) is 0 Å². The van der Waals surface area contributed by atoms with E-state index in [0.29, 0.717) is 12.5 Å².